The molecule has 6 heteroatoms. The van der Waals surface area contributed by atoms with Gasteiger partial charge in [-0.25, -0.2) is 9.49 Å². The molecule has 4 nitrogen and oxygen atoms in total. The largest absolute Gasteiger partial charge is 0.308 e. The molecule has 1 aromatic carbocycles. The van der Waals surface area contributed by atoms with Crippen molar-refractivity contribution < 1.29 is 4.39 Å². The maximum Gasteiger partial charge on any atom is 0.230 e. The molecule has 2 rings (SSSR count). The topological polar surface area (TPSA) is 36.9 Å². The molecular weight excluding hydrogens is 251 g/mol. The van der Waals surface area contributed by atoms with Gasteiger partial charge in [0.05, 0.1) is 5.69 Å². The molecule has 0 aliphatic rings. The lowest BCUT2D eigenvalue weighted by atomic mass is 10.3. The van der Waals surface area contributed by atoms with Crippen molar-refractivity contribution in [1.82, 2.24) is 14.8 Å². The second-order valence-corrected chi connectivity index (χ2v) is 4.16. The van der Waals surface area contributed by atoms with Gasteiger partial charge in [0, 0.05) is 13.1 Å². The van der Waals surface area contributed by atoms with Crippen LogP contribution in [-0.4, -0.2) is 21.3 Å². The lowest BCUT2D eigenvalue weighted by Crippen LogP contribution is -2.21. The molecule has 1 aromatic heterocycles. The van der Waals surface area contributed by atoms with Gasteiger partial charge in [-0.3, -0.25) is 4.57 Å². The predicted octanol–water partition coefficient (Wildman–Crippen LogP) is 3.26. The molecule has 0 radical (unpaired) electrons. The molecule has 96 valence electrons. The van der Waals surface area contributed by atoms with Crippen LogP contribution in [0.2, 0.25) is 0 Å². The van der Waals surface area contributed by atoms with Crippen LogP contribution in [-0.2, 0) is 6.54 Å². The second kappa shape index (κ2) is 5.30. The minimum absolute atomic E-state index is 0.268. The summed E-state index contributed by atoms with van der Waals surface area (Å²) in [7, 11) is 0. The van der Waals surface area contributed by atoms with Gasteiger partial charge in [0.15, 0.2) is 4.77 Å². The lowest BCUT2D eigenvalue weighted by molar-refractivity contribution is 0.622. The molecule has 0 fully saturated rings. The molecule has 0 saturated carbocycles. The van der Waals surface area contributed by atoms with Gasteiger partial charge in [-0.1, -0.05) is 12.1 Å². The molecule has 18 heavy (non-hydrogen) atoms. The molecule has 1 N–H and O–H groups in total. The second-order valence-electron chi connectivity index (χ2n) is 3.77. The first-order valence-corrected chi connectivity index (χ1v) is 6.27. The molecule has 0 amide bonds. The van der Waals surface area contributed by atoms with Crippen molar-refractivity contribution >= 4 is 23.9 Å². The summed E-state index contributed by atoms with van der Waals surface area (Å²) >= 11 is 5.15. The quantitative estimate of drug-likeness (QED) is 0.863. The van der Waals surface area contributed by atoms with Crippen molar-refractivity contribution in [1.29, 1.82) is 0 Å². The predicted molar refractivity (Wildman–Crippen MR) is 72.2 cm³/mol. The highest BCUT2D eigenvalue weighted by molar-refractivity contribution is 7.71. The number of hydrogen-bond acceptors (Lipinski definition) is 3. The number of anilines is 2. The fraction of sp³-hybridized carbons (Fsp3) is 0.333. The molecule has 0 aliphatic heterocycles. The Labute approximate surface area is 110 Å². The summed E-state index contributed by atoms with van der Waals surface area (Å²) in [6.45, 7) is 5.23. The molecule has 0 unspecified atom stereocenters. The van der Waals surface area contributed by atoms with Gasteiger partial charge < -0.3 is 4.90 Å². The monoisotopic (exact) mass is 266 g/mol. The highest BCUT2D eigenvalue weighted by Crippen LogP contribution is 2.25. The zero-order valence-corrected chi connectivity index (χ0v) is 11.2. The third kappa shape index (κ3) is 2.15. The Morgan fingerprint density at radius 1 is 1.39 bits per heavy atom. The number of aromatic amines is 1. The number of hydrogen-bond donors (Lipinski definition) is 1. The Kier molecular flexibility index (Phi) is 3.76. The van der Waals surface area contributed by atoms with Gasteiger partial charge in [-0.2, -0.15) is 0 Å². The smallest absolute Gasteiger partial charge is 0.230 e. The van der Waals surface area contributed by atoms with E-state index in [2.05, 4.69) is 10.2 Å². The van der Waals surface area contributed by atoms with Crippen LogP contribution >= 0.6 is 12.2 Å². The Bertz CT molecular complexity index is 590. The number of rotatable bonds is 4. The van der Waals surface area contributed by atoms with Crippen LogP contribution in [0.1, 0.15) is 13.8 Å². The molecule has 1 heterocycles. The minimum Gasteiger partial charge on any atom is -0.308 e. The first kappa shape index (κ1) is 12.8. The Hall–Kier alpha value is -1.69. The Balaban J connectivity index is 2.52. The van der Waals surface area contributed by atoms with E-state index >= 15 is 0 Å². The number of nitrogens with zero attached hydrogens (tertiary/aromatic N) is 3. The summed E-state index contributed by atoms with van der Waals surface area (Å²) < 4.78 is 16.2. The van der Waals surface area contributed by atoms with Crippen LogP contribution in [0.4, 0.5) is 16.0 Å². The first-order chi connectivity index (χ1) is 8.69. The number of nitrogens with one attached hydrogen (secondary N) is 1. The zero-order valence-electron chi connectivity index (χ0n) is 10.4. The Morgan fingerprint density at radius 2 is 2.11 bits per heavy atom. The normalized spacial score (nSPS) is 10.6. The first-order valence-electron chi connectivity index (χ1n) is 5.86. The summed E-state index contributed by atoms with van der Waals surface area (Å²) in [6, 6.07) is 6.65. The SMILES string of the molecule is CCN(c1ccccc1F)c1n[nH]c(=S)n1CC. The standard InChI is InChI=1S/C12H15FN4S/c1-3-16(10-8-6-5-7-9(10)13)11-14-15-12(18)17(11)4-2/h5-8H,3-4H2,1-2H3,(H,15,18). The van der Waals surface area contributed by atoms with Crippen molar-refractivity contribution in [3.05, 3.63) is 34.9 Å². The molecule has 0 atom stereocenters. The van der Waals surface area contributed by atoms with Crippen molar-refractivity contribution in [3.63, 3.8) is 0 Å². The van der Waals surface area contributed by atoms with Crippen LogP contribution in [0.25, 0.3) is 0 Å². The van der Waals surface area contributed by atoms with Gasteiger partial charge in [0.2, 0.25) is 5.95 Å². The minimum atomic E-state index is -0.268. The van der Waals surface area contributed by atoms with E-state index in [4.69, 9.17) is 12.2 Å². The number of aromatic nitrogens is 3. The van der Waals surface area contributed by atoms with E-state index in [0.717, 1.165) is 0 Å². The van der Waals surface area contributed by atoms with E-state index in [1.165, 1.54) is 6.07 Å². The van der Waals surface area contributed by atoms with E-state index < -0.39 is 0 Å². The van der Waals surface area contributed by atoms with Crippen molar-refractivity contribution in [3.8, 4) is 0 Å². The average Bonchev–Trinajstić information content (AvgIpc) is 2.74. The van der Waals surface area contributed by atoms with Gasteiger partial charge in [-0.05, 0) is 38.2 Å². The molecule has 0 aliphatic carbocycles. The molecule has 0 spiro atoms. The average molecular weight is 266 g/mol. The highest BCUT2D eigenvalue weighted by atomic mass is 32.1. The van der Waals surface area contributed by atoms with Crippen LogP contribution in [0, 0.1) is 10.6 Å². The van der Waals surface area contributed by atoms with Gasteiger partial charge >= 0.3 is 0 Å². The fourth-order valence-electron chi connectivity index (χ4n) is 1.89. The zero-order chi connectivity index (χ0) is 13.1. The number of halogens is 1. The third-order valence-corrected chi connectivity index (χ3v) is 3.07. The van der Waals surface area contributed by atoms with Crippen LogP contribution in [0.3, 0.4) is 0 Å². The number of para-hydroxylation sites is 1. The van der Waals surface area contributed by atoms with Gasteiger partial charge in [0.25, 0.3) is 0 Å². The van der Waals surface area contributed by atoms with Crippen LogP contribution in [0.15, 0.2) is 24.3 Å². The fourth-order valence-corrected chi connectivity index (χ4v) is 2.15. The van der Waals surface area contributed by atoms with Crippen molar-refractivity contribution in [2.24, 2.45) is 0 Å². The maximum atomic E-state index is 13.8. The van der Waals surface area contributed by atoms with Crippen LogP contribution < -0.4 is 4.90 Å². The van der Waals surface area contributed by atoms with Gasteiger partial charge in [-0.15, -0.1) is 5.10 Å². The van der Waals surface area contributed by atoms with E-state index in [1.807, 2.05) is 18.4 Å². The van der Waals surface area contributed by atoms with E-state index in [0.29, 0.717) is 29.5 Å². The van der Waals surface area contributed by atoms with Gasteiger partial charge in [0.1, 0.15) is 5.82 Å². The third-order valence-electron chi connectivity index (χ3n) is 2.76. The highest BCUT2D eigenvalue weighted by Gasteiger charge is 2.16. The summed E-state index contributed by atoms with van der Waals surface area (Å²) in [4.78, 5) is 1.80. The molecular formula is C12H15FN4S. The molecule has 0 bridgehead atoms. The molecule has 0 saturated heterocycles. The lowest BCUT2D eigenvalue weighted by Gasteiger charge is -2.22. The number of benzene rings is 1. The summed E-state index contributed by atoms with van der Waals surface area (Å²) in [6.07, 6.45) is 0. The van der Waals surface area contributed by atoms with Crippen LogP contribution in [0.5, 0.6) is 0 Å². The Morgan fingerprint density at radius 3 is 2.72 bits per heavy atom. The van der Waals surface area contributed by atoms with Crippen molar-refractivity contribution in [2.45, 2.75) is 20.4 Å². The molecule has 2 aromatic rings. The maximum absolute atomic E-state index is 13.8. The summed E-state index contributed by atoms with van der Waals surface area (Å²) in [5.74, 6) is 0.367. The summed E-state index contributed by atoms with van der Waals surface area (Å²) in [5, 5.41) is 6.92. The van der Waals surface area contributed by atoms with Crippen molar-refractivity contribution in [2.75, 3.05) is 11.4 Å². The van der Waals surface area contributed by atoms with E-state index in [-0.39, 0.29) is 5.82 Å². The van der Waals surface area contributed by atoms with E-state index in [9.17, 15) is 4.39 Å². The number of H-pyrrole nitrogens is 1. The van der Waals surface area contributed by atoms with E-state index in [1.54, 1.807) is 23.1 Å². The summed E-state index contributed by atoms with van der Waals surface area (Å²) in [5.41, 5.74) is 0.503.